The summed E-state index contributed by atoms with van der Waals surface area (Å²) in [5, 5.41) is 3.45. The summed E-state index contributed by atoms with van der Waals surface area (Å²) in [6.07, 6.45) is 4.94. The lowest BCUT2D eigenvalue weighted by molar-refractivity contribution is 0.304. The molecule has 0 atom stereocenters. The van der Waals surface area contributed by atoms with Crippen LogP contribution in [0, 0.1) is 0 Å². The maximum absolute atomic E-state index is 5.80. The van der Waals surface area contributed by atoms with Crippen molar-refractivity contribution >= 4 is 0 Å². The number of nitrogens with one attached hydrogen (secondary N) is 1. The molecule has 120 valence electrons. The highest BCUT2D eigenvalue weighted by atomic mass is 16.5. The molecule has 0 aliphatic heterocycles. The van der Waals surface area contributed by atoms with Crippen molar-refractivity contribution in [3.63, 3.8) is 0 Å². The Morgan fingerprint density at radius 3 is 2.14 bits per heavy atom. The van der Waals surface area contributed by atoms with E-state index in [1.165, 1.54) is 24.8 Å². The van der Waals surface area contributed by atoms with Gasteiger partial charge in [0.1, 0.15) is 5.75 Å². The summed E-state index contributed by atoms with van der Waals surface area (Å²) in [6.45, 7) is 13.0. The van der Waals surface area contributed by atoms with Crippen LogP contribution in [0.3, 0.4) is 0 Å². The molecular weight excluding hydrogens is 258 g/mol. The van der Waals surface area contributed by atoms with E-state index < -0.39 is 0 Å². The first kappa shape index (κ1) is 18.0. The number of hydrogen-bond acceptors (Lipinski definition) is 2. The minimum atomic E-state index is 0.211. The second kappa shape index (κ2) is 9.09. The fourth-order valence-electron chi connectivity index (χ4n) is 2.21. The fraction of sp³-hybridized carbons (Fsp3) is 0.684. The SMILES string of the molecule is CC(C)NCCCCCCOc1ccc(C(C)(C)C)cc1. The Bertz CT molecular complexity index is 376. The first-order valence-corrected chi connectivity index (χ1v) is 8.36. The lowest BCUT2D eigenvalue weighted by Gasteiger charge is -2.19. The molecule has 2 heteroatoms. The Balaban J connectivity index is 2.10. The van der Waals surface area contributed by atoms with Crippen LogP contribution in [-0.4, -0.2) is 19.2 Å². The van der Waals surface area contributed by atoms with Crippen LogP contribution in [0.5, 0.6) is 5.75 Å². The van der Waals surface area contributed by atoms with Crippen LogP contribution in [0.25, 0.3) is 0 Å². The zero-order chi connectivity index (χ0) is 15.7. The van der Waals surface area contributed by atoms with E-state index in [-0.39, 0.29) is 5.41 Å². The maximum atomic E-state index is 5.80. The second-order valence-electron chi connectivity index (χ2n) is 7.15. The maximum Gasteiger partial charge on any atom is 0.119 e. The highest BCUT2D eigenvalue weighted by molar-refractivity contribution is 5.31. The molecule has 0 spiro atoms. The van der Waals surface area contributed by atoms with Gasteiger partial charge in [0.2, 0.25) is 0 Å². The van der Waals surface area contributed by atoms with E-state index in [9.17, 15) is 0 Å². The summed E-state index contributed by atoms with van der Waals surface area (Å²) in [4.78, 5) is 0. The summed E-state index contributed by atoms with van der Waals surface area (Å²) in [5.41, 5.74) is 1.57. The summed E-state index contributed by atoms with van der Waals surface area (Å²) >= 11 is 0. The molecule has 0 aromatic heterocycles. The third-order valence-electron chi connectivity index (χ3n) is 3.61. The molecule has 0 aliphatic rings. The fourth-order valence-corrected chi connectivity index (χ4v) is 2.21. The first-order chi connectivity index (χ1) is 9.89. The number of unbranched alkanes of at least 4 members (excludes halogenated alkanes) is 3. The average molecular weight is 291 g/mol. The Labute approximate surface area is 131 Å². The molecule has 0 amide bonds. The molecule has 1 N–H and O–H groups in total. The van der Waals surface area contributed by atoms with Gasteiger partial charge in [-0.05, 0) is 42.5 Å². The van der Waals surface area contributed by atoms with E-state index >= 15 is 0 Å². The van der Waals surface area contributed by atoms with Crippen molar-refractivity contribution in [3.05, 3.63) is 29.8 Å². The van der Waals surface area contributed by atoms with Crippen molar-refractivity contribution in [1.82, 2.24) is 5.32 Å². The minimum Gasteiger partial charge on any atom is -0.494 e. The van der Waals surface area contributed by atoms with Gasteiger partial charge in [-0.1, -0.05) is 59.6 Å². The largest absolute Gasteiger partial charge is 0.494 e. The standard InChI is InChI=1S/C19H33NO/c1-16(2)20-14-8-6-7-9-15-21-18-12-10-17(11-13-18)19(3,4)5/h10-13,16,20H,6-9,14-15H2,1-5H3. The molecule has 2 nitrogen and oxygen atoms in total. The summed E-state index contributed by atoms with van der Waals surface area (Å²) in [7, 11) is 0. The predicted molar refractivity (Wildman–Crippen MR) is 92.2 cm³/mol. The van der Waals surface area contributed by atoms with Crippen LogP contribution in [0.15, 0.2) is 24.3 Å². The van der Waals surface area contributed by atoms with Crippen molar-refractivity contribution in [2.24, 2.45) is 0 Å². The third kappa shape index (κ3) is 8.11. The van der Waals surface area contributed by atoms with Crippen molar-refractivity contribution in [3.8, 4) is 5.75 Å². The minimum absolute atomic E-state index is 0.211. The second-order valence-corrected chi connectivity index (χ2v) is 7.15. The van der Waals surface area contributed by atoms with Gasteiger partial charge in [-0.15, -0.1) is 0 Å². The Morgan fingerprint density at radius 2 is 1.57 bits per heavy atom. The van der Waals surface area contributed by atoms with Gasteiger partial charge in [-0.25, -0.2) is 0 Å². The van der Waals surface area contributed by atoms with E-state index in [4.69, 9.17) is 4.74 Å². The summed E-state index contributed by atoms with van der Waals surface area (Å²) in [5.74, 6) is 0.990. The van der Waals surface area contributed by atoms with Gasteiger partial charge in [0.05, 0.1) is 6.61 Å². The normalized spacial score (nSPS) is 11.9. The van der Waals surface area contributed by atoms with Gasteiger partial charge >= 0.3 is 0 Å². The van der Waals surface area contributed by atoms with Gasteiger partial charge in [0, 0.05) is 6.04 Å². The lowest BCUT2D eigenvalue weighted by Crippen LogP contribution is -2.23. The predicted octanol–water partition coefficient (Wildman–Crippen LogP) is 4.92. The van der Waals surface area contributed by atoms with Crippen LogP contribution in [0.2, 0.25) is 0 Å². The van der Waals surface area contributed by atoms with E-state index in [0.29, 0.717) is 6.04 Å². The molecule has 0 saturated heterocycles. The lowest BCUT2D eigenvalue weighted by atomic mass is 9.87. The van der Waals surface area contributed by atoms with Crippen LogP contribution < -0.4 is 10.1 Å². The smallest absolute Gasteiger partial charge is 0.119 e. The highest BCUT2D eigenvalue weighted by Crippen LogP contribution is 2.24. The van der Waals surface area contributed by atoms with Crippen molar-refractivity contribution in [2.75, 3.05) is 13.2 Å². The molecule has 0 fully saturated rings. The van der Waals surface area contributed by atoms with Crippen LogP contribution in [-0.2, 0) is 5.41 Å². The number of rotatable bonds is 9. The Hall–Kier alpha value is -1.02. The van der Waals surface area contributed by atoms with Crippen LogP contribution >= 0.6 is 0 Å². The van der Waals surface area contributed by atoms with Gasteiger partial charge in [0.25, 0.3) is 0 Å². The molecule has 0 bridgehead atoms. The van der Waals surface area contributed by atoms with E-state index in [0.717, 1.165) is 25.3 Å². The third-order valence-corrected chi connectivity index (χ3v) is 3.61. The molecule has 1 aromatic carbocycles. The molecule has 1 rings (SSSR count). The molecule has 0 unspecified atom stereocenters. The van der Waals surface area contributed by atoms with Crippen molar-refractivity contribution in [2.45, 2.75) is 71.8 Å². The van der Waals surface area contributed by atoms with Crippen LogP contribution in [0.1, 0.15) is 65.9 Å². The zero-order valence-corrected chi connectivity index (χ0v) is 14.5. The molecule has 0 aliphatic carbocycles. The molecular formula is C19H33NO. The average Bonchev–Trinajstić information content (AvgIpc) is 2.41. The van der Waals surface area contributed by atoms with Gasteiger partial charge < -0.3 is 10.1 Å². The van der Waals surface area contributed by atoms with Gasteiger partial charge in [-0.2, -0.15) is 0 Å². The quantitative estimate of drug-likeness (QED) is 0.652. The molecule has 0 radical (unpaired) electrons. The summed E-state index contributed by atoms with van der Waals surface area (Å²) in [6, 6.07) is 9.13. The number of benzene rings is 1. The zero-order valence-electron chi connectivity index (χ0n) is 14.5. The number of ether oxygens (including phenoxy) is 1. The first-order valence-electron chi connectivity index (χ1n) is 8.36. The van der Waals surface area contributed by atoms with Gasteiger partial charge in [0.15, 0.2) is 0 Å². The van der Waals surface area contributed by atoms with Crippen LogP contribution in [0.4, 0.5) is 0 Å². The molecule has 21 heavy (non-hydrogen) atoms. The monoisotopic (exact) mass is 291 g/mol. The van der Waals surface area contributed by atoms with Crippen molar-refractivity contribution in [1.29, 1.82) is 0 Å². The Kier molecular flexibility index (Phi) is 7.81. The highest BCUT2D eigenvalue weighted by Gasteiger charge is 2.12. The number of hydrogen-bond donors (Lipinski definition) is 1. The summed E-state index contributed by atoms with van der Waals surface area (Å²) < 4.78 is 5.80. The van der Waals surface area contributed by atoms with E-state index in [2.05, 4.69) is 64.2 Å². The Morgan fingerprint density at radius 1 is 0.952 bits per heavy atom. The van der Waals surface area contributed by atoms with E-state index in [1.807, 2.05) is 0 Å². The molecule has 1 aromatic rings. The van der Waals surface area contributed by atoms with E-state index in [1.54, 1.807) is 0 Å². The topological polar surface area (TPSA) is 21.3 Å². The van der Waals surface area contributed by atoms with Crippen molar-refractivity contribution < 1.29 is 4.74 Å². The van der Waals surface area contributed by atoms with Gasteiger partial charge in [-0.3, -0.25) is 0 Å². The molecule has 0 heterocycles. The molecule has 0 saturated carbocycles.